The van der Waals surface area contributed by atoms with Gasteiger partial charge in [-0.15, -0.1) is 10.2 Å². The highest BCUT2D eigenvalue weighted by Gasteiger charge is 2.12. The minimum absolute atomic E-state index is 0.319. The minimum atomic E-state index is 0.319. The first-order valence-electron chi connectivity index (χ1n) is 10.7. The monoisotopic (exact) mass is 446 g/mol. The van der Waals surface area contributed by atoms with Gasteiger partial charge in [0, 0.05) is 5.39 Å². The molecule has 8 nitrogen and oxygen atoms in total. The van der Waals surface area contributed by atoms with E-state index < -0.39 is 0 Å². The maximum Gasteiger partial charge on any atom is 0.269 e. The number of hydrogen-bond donors (Lipinski definition) is 1. The molecule has 8 heteroatoms. The van der Waals surface area contributed by atoms with Crippen molar-refractivity contribution < 1.29 is 9.15 Å². The molecule has 0 unspecified atom stereocenters. The van der Waals surface area contributed by atoms with Gasteiger partial charge in [0.1, 0.15) is 17.9 Å². The fraction of sp³-hybridized carbons (Fsp3) is 0.0385. The lowest BCUT2D eigenvalue weighted by Crippen LogP contribution is -1.95. The minimum Gasteiger partial charge on any atom is -0.489 e. The summed E-state index contributed by atoms with van der Waals surface area (Å²) in [6, 6.07) is 25.9. The molecule has 3 aromatic heterocycles. The van der Waals surface area contributed by atoms with Crippen LogP contribution in [0.3, 0.4) is 0 Å². The van der Waals surface area contributed by atoms with Crippen molar-refractivity contribution >= 4 is 34.2 Å². The van der Waals surface area contributed by atoms with Crippen molar-refractivity contribution in [3.63, 3.8) is 0 Å². The number of aromatic amines is 1. The zero-order chi connectivity index (χ0) is 22.7. The summed E-state index contributed by atoms with van der Waals surface area (Å²) in [6.45, 7) is 0.413. The van der Waals surface area contributed by atoms with Crippen molar-refractivity contribution in [1.82, 2.24) is 30.6 Å². The smallest absolute Gasteiger partial charge is 0.269 e. The number of tetrazole rings is 1. The van der Waals surface area contributed by atoms with Crippen molar-refractivity contribution in [2.45, 2.75) is 6.61 Å². The Bertz CT molecular complexity index is 1600. The van der Waals surface area contributed by atoms with E-state index in [0.717, 1.165) is 33.5 Å². The number of ether oxygens (including phenoxy) is 1. The Morgan fingerprint density at radius 3 is 2.65 bits per heavy atom. The lowest BCUT2D eigenvalue weighted by Gasteiger charge is -2.06. The van der Waals surface area contributed by atoms with Crippen molar-refractivity contribution in [3.8, 4) is 17.5 Å². The molecule has 34 heavy (non-hydrogen) atoms. The van der Waals surface area contributed by atoms with E-state index in [1.165, 1.54) is 0 Å². The van der Waals surface area contributed by atoms with Crippen LogP contribution in [0.4, 0.5) is 0 Å². The van der Waals surface area contributed by atoms with Gasteiger partial charge in [0.25, 0.3) is 11.7 Å². The molecule has 3 heterocycles. The largest absolute Gasteiger partial charge is 0.489 e. The standard InChI is InChI=1S/C26H18N6O2/c1-2-4-22-19(3-1)9-11-20(27-22)10-5-17-6-12-21(13-7-17)33-16-18-8-14-24-23(15-18)28-26(34-24)25-29-31-32-30-25/h1-15H,16H2,(H,29,30,31,32). The zero-order valence-electron chi connectivity index (χ0n) is 17.9. The molecule has 6 rings (SSSR count). The third kappa shape index (κ3) is 4.12. The third-order valence-electron chi connectivity index (χ3n) is 5.34. The quantitative estimate of drug-likeness (QED) is 0.370. The van der Waals surface area contributed by atoms with Crippen LogP contribution in [0.5, 0.6) is 5.75 Å². The van der Waals surface area contributed by atoms with E-state index >= 15 is 0 Å². The average Bonchev–Trinajstić information content (AvgIpc) is 3.56. The molecule has 0 saturated carbocycles. The van der Waals surface area contributed by atoms with Crippen LogP contribution in [0, 0.1) is 0 Å². The second-order valence-electron chi connectivity index (χ2n) is 7.68. The molecule has 0 aliphatic carbocycles. The Morgan fingerprint density at radius 1 is 0.853 bits per heavy atom. The van der Waals surface area contributed by atoms with Crippen LogP contribution in [0.15, 0.2) is 83.3 Å². The van der Waals surface area contributed by atoms with E-state index in [0.29, 0.717) is 29.4 Å². The van der Waals surface area contributed by atoms with Gasteiger partial charge in [-0.2, -0.15) is 5.21 Å². The highest BCUT2D eigenvalue weighted by atomic mass is 16.5. The molecule has 6 aromatic rings. The predicted octanol–water partition coefficient (Wildman–Crippen LogP) is 5.31. The number of benzene rings is 3. The van der Waals surface area contributed by atoms with Crippen molar-refractivity contribution in [3.05, 3.63) is 95.7 Å². The summed E-state index contributed by atoms with van der Waals surface area (Å²) < 4.78 is 11.6. The van der Waals surface area contributed by atoms with E-state index in [4.69, 9.17) is 9.15 Å². The molecular formula is C26H18N6O2. The number of aromatic nitrogens is 6. The topological polar surface area (TPSA) is 103 Å². The molecule has 1 N–H and O–H groups in total. The Morgan fingerprint density at radius 2 is 1.76 bits per heavy atom. The average molecular weight is 446 g/mol. The van der Waals surface area contributed by atoms with Gasteiger partial charge in [0.2, 0.25) is 0 Å². The number of pyridine rings is 1. The Hall–Kier alpha value is -4.85. The SMILES string of the molecule is C(=Cc1ccc2ccccc2n1)c1ccc(OCc2ccc3oc(-c4nn[nH]n4)nc3c2)cc1. The third-order valence-corrected chi connectivity index (χ3v) is 5.34. The fourth-order valence-electron chi connectivity index (χ4n) is 3.61. The van der Waals surface area contributed by atoms with E-state index in [1.54, 1.807) is 0 Å². The van der Waals surface area contributed by atoms with Crippen LogP contribution in [-0.2, 0) is 6.61 Å². The Kier molecular flexibility index (Phi) is 5.00. The van der Waals surface area contributed by atoms with Crippen molar-refractivity contribution in [2.75, 3.05) is 0 Å². The molecule has 0 radical (unpaired) electrons. The number of hydrogen-bond acceptors (Lipinski definition) is 7. The van der Waals surface area contributed by atoms with Crippen LogP contribution in [-0.4, -0.2) is 30.6 Å². The molecule has 0 atom stereocenters. The molecule has 0 amide bonds. The number of para-hydroxylation sites is 1. The first-order chi connectivity index (χ1) is 16.8. The molecule has 0 aliphatic heterocycles. The molecule has 0 aliphatic rings. The maximum atomic E-state index is 5.95. The second-order valence-corrected chi connectivity index (χ2v) is 7.68. The lowest BCUT2D eigenvalue weighted by molar-refractivity contribution is 0.306. The molecule has 0 fully saturated rings. The predicted molar refractivity (Wildman–Crippen MR) is 129 cm³/mol. The van der Waals surface area contributed by atoms with Crippen molar-refractivity contribution in [1.29, 1.82) is 0 Å². The number of rotatable bonds is 6. The van der Waals surface area contributed by atoms with Crippen LogP contribution >= 0.6 is 0 Å². The van der Waals surface area contributed by atoms with Gasteiger partial charge < -0.3 is 9.15 Å². The first-order valence-corrected chi connectivity index (χ1v) is 10.7. The van der Waals surface area contributed by atoms with Gasteiger partial charge in [-0.25, -0.2) is 9.97 Å². The van der Waals surface area contributed by atoms with Gasteiger partial charge in [0.05, 0.1) is 11.2 Å². The van der Waals surface area contributed by atoms with Crippen molar-refractivity contribution in [2.24, 2.45) is 0 Å². The van der Waals surface area contributed by atoms with Gasteiger partial charge >= 0.3 is 0 Å². The summed E-state index contributed by atoms with van der Waals surface area (Å²) in [4.78, 5) is 9.10. The van der Waals surface area contributed by atoms with Crippen LogP contribution in [0.25, 0.3) is 45.9 Å². The number of fused-ring (bicyclic) bond motifs is 2. The normalized spacial score (nSPS) is 11.5. The molecular weight excluding hydrogens is 428 g/mol. The van der Waals surface area contributed by atoms with E-state index in [9.17, 15) is 0 Å². The molecule has 3 aromatic carbocycles. The summed E-state index contributed by atoms with van der Waals surface area (Å²) in [5.74, 6) is 1.43. The number of oxazole rings is 1. The van der Waals surface area contributed by atoms with Gasteiger partial charge in [-0.1, -0.05) is 48.5 Å². The van der Waals surface area contributed by atoms with Gasteiger partial charge in [-0.3, -0.25) is 0 Å². The Labute approximate surface area is 193 Å². The summed E-state index contributed by atoms with van der Waals surface area (Å²) >= 11 is 0. The number of H-pyrrole nitrogens is 1. The fourth-order valence-corrected chi connectivity index (χ4v) is 3.61. The van der Waals surface area contributed by atoms with E-state index in [-0.39, 0.29) is 0 Å². The van der Waals surface area contributed by atoms with Crippen LogP contribution < -0.4 is 4.74 Å². The first kappa shape index (κ1) is 19.8. The van der Waals surface area contributed by atoms with Crippen LogP contribution in [0.2, 0.25) is 0 Å². The summed E-state index contributed by atoms with van der Waals surface area (Å²) in [6.07, 6.45) is 4.05. The highest BCUT2D eigenvalue weighted by Crippen LogP contribution is 2.23. The second kappa shape index (κ2) is 8.59. The summed E-state index contributed by atoms with van der Waals surface area (Å²) in [7, 11) is 0. The summed E-state index contributed by atoms with van der Waals surface area (Å²) in [5.41, 5.74) is 5.32. The number of nitrogens with one attached hydrogen (secondary N) is 1. The molecule has 0 bridgehead atoms. The molecule has 0 saturated heterocycles. The van der Waals surface area contributed by atoms with E-state index in [1.807, 2.05) is 78.9 Å². The van der Waals surface area contributed by atoms with E-state index in [2.05, 4.69) is 42.7 Å². The highest BCUT2D eigenvalue weighted by molar-refractivity contribution is 5.81. The summed E-state index contributed by atoms with van der Waals surface area (Å²) in [5, 5.41) is 14.8. The molecule has 0 spiro atoms. The Balaban J connectivity index is 1.11. The number of nitrogens with zero attached hydrogens (tertiary/aromatic N) is 5. The maximum absolute atomic E-state index is 5.95. The lowest BCUT2D eigenvalue weighted by atomic mass is 10.1. The molecule has 164 valence electrons. The van der Waals surface area contributed by atoms with Gasteiger partial charge in [0.15, 0.2) is 5.58 Å². The van der Waals surface area contributed by atoms with Crippen LogP contribution in [0.1, 0.15) is 16.8 Å². The van der Waals surface area contributed by atoms with Gasteiger partial charge in [-0.05, 0) is 58.8 Å². The zero-order valence-corrected chi connectivity index (χ0v) is 17.9.